The Kier molecular flexibility index (Phi) is 3.79. The summed E-state index contributed by atoms with van der Waals surface area (Å²) < 4.78 is 0. The standard InChI is InChI=1S/C17H17N3O/c1-12(19-10-13-6-4-5-9-18-13)16-11-20-17(21)15-8-3-2-7-14(15)16/h2-9,11-12,19H,10H2,1H3,(H,20,21). The van der Waals surface area contributed by atoms with Gasteiger partial charge in [-0.05, 0) is 36.1 Å². The van der Waals surface area contributed by atoms with Crippen molar-refractivity contribution in [1.82, 2.24) is 15.3 Å². The van der Waals surface area contributed by atoms with Gasteiger partial charge in [0.05, 0.1) is 5.69 Å². The van der Waals surface area contributed by atoms with Gasteiger partial charge < -0.3 is 10.3 Å². The topological polar surface area (TPSA) is 57.8 Å². The van der Waals surface area contributed by atoms with E-state index in [-0.39, 0.29) is 11.6 Å². The van der Waals surface area contributed by atoms with Gasteiger partial charge in [-0.25, -0.2) is 0 Å². The molecule has 0 aliphatic carbocycles. The van der Waals surface area contributed by atoms with Gasteiger partial charge in [-0.1, -0.05) is 24.3 Å². The molecule has 0 radical (unpaired) electrons. The minimum Gasteiger partial charge on any atom is -0.328 e. The number of aromatic nitrogens is 2. The van der Waals surface area contributed by atoms with E-state index < -0.39 is 0 Å². The lowest BCUT2D eigenvalue weighted by Crippen LogP contribution is -2.20. The van der Waals surface area contributed by atoms with Crippen molar-refractivity contribution >= 4 is 10.8 Å². The Morgan fingerprint density at radius 1 is 1.14 bits per heavy atom. The number of benzene rings is 1. The van der Waals surface area contributed by atoms with E-state index >= 15 is 0 Å². The maximum Gasteiger partial charge on any atom is 0.255 e. The molecule has 1 atom stereocenters. The molecule has 0 spiro atoms. The zero-order valence-corrected chi connectivity index (χ0v) is 11.8. The van der Waals surface area contributed by atoms with Gasteiger partial charge in [0.1, 0.15) is 0 Å². The lowest BCUT2D eigenvalue weighted by molar-refractivity contribution is 0.569. The highest BCUT2D eigenvalue weighted by atomic mass is 16.1. The number of pyridine rings is 2. The molecule has 0 fully saturated rings. The van der Waals surface area contributed by atoms with Crippen LogP contribution in [0.4, 0.5) is 0 Å². The van der Waals surface area contributed by atoms with Crippen LogP contribution in [0.25, 0.3) is 10.8 Å². The third-order valence-electron chi connectivity index (χ3n) is 3.62. The average molecular weight is 279 g/mol. The average Bonchev–Trinajstić information content (AvgIpc) is 2.54. The molecule has 2 heterocycles. The normalized spacial score (nSPS) is 12.4. The van der Waals surface area contributed by atoms with Crippen LogP contribution >= 0.6 is 0 Å². The Morgan fingerprint density at radius 3 is 2.67 bits per heavy atom. The SMILES string of the molecule is CC(NCc1ccccn1)c1c[nH]c(=O)c2ccccc12. The Hall–Kier alpha value is -2.46. The highest BCUT2D eigenvalue weighted by Crippen LogP contribution is 2.21. The molecule has 1 unspecified atom stereocenters. The van der Waals surface area contributed by atoms with Crippen molar-refractivity contribution in [1.29, 1.82) is 0 Å². The molecule has 0 aliphatic heterocycles. The quantitative estimate of drug-likeness (QED) is 0.772. The Morgan fingerprint density at radius 2 is 1.90 bits per heavy atom. The summed E-state index contributed by atoms with van der Waals surface area (Å²) in [5.41, 5.74) is 2.03. The van der Waals surface area contributed by atoms with Crippen molar-refractivity contribution in [2.75, 3.05) is 0 Å². The highest BCUT2D eigenvalue weighted by molar-refractivity contribution is 5.84. The second kappa shape index (κ2) is 5.89. The number of H-pyrrole nitrogens is 1. The molecule has 4 nitrogen and oxygen atoms in total. The van der Waals surface area contributed by atoms with Gasteiger partial charge >= 0.3 is 0 Å². The van der Waals surface area contributed by atoms with Crippen LogP contribution in [-0.4, -0.2) is 9.97 Å². The highest BCUT2D eigenvalue weighted by Gasteiger charge is 2.10. The summed E-state index contributed by atoms with van der Waals surface area (Å²) in [6.45, 7) is 2.78. The van der Waals surface area contributed by atoms with E-state index in [1.54, 1.807) is 12.4 Å². The fraction of sp³-hybridized carbons (Fsp3) is 0.176. The van der Waals surface area contributed by atoms with Crippen molar-refractivity contribution in [3.8, 4) is 0 Å². The summed E-state index contributed by atoms with van der Waals surface area (Å²) in [5.74, 6) is 0. The zero-order valence-electron chi connectivity index (χ0n) is 11.8. The van der Waals surface area contributed by atoms with E-state index in [0.717, 1.165) is 22.0 Å². The molecule has 1 aromatic carbocycles. The predicted octanol–water partition coefficient (Wildman–Crippen LogP) is 2.77. The van der Waals surface area contributed by atoms with Crippen molar-refractivity contribution in [3.05, 3.63) is 76.5 Å². The third-order valence-corrected chi connectivity index (χ3v) is 3.62. The molecule has 0 bridgehead atoms. The number of nitrogens with one attached hydrogen (secondary N) is 2. The lowest BCUT2D eigenvalue weighted by atomic mass is 10.0. The van der Waals surface area contributed by atoms with Gasteiger partial charge in [-0.15, -0.1) is 0 Å². The molecule has 106 valence electrons. The predicted molar refractivity (Wildman–Crippen MR) is 84.1 cm³/mol. The summed E-state index contributed by atoms with van der Waals surface area (Å²) in [5, 5.41) is 5.15. The molecule has 0 saturated heterocycles. The summed E-state index contributed by atoms with van der Waals surface area (Å²) >= 11 is 0. The van der Waals surface area contributed by atoms with Gasteiger partial charge in [0.15, 0.2) is 0 Å². The van der Waals surface area contributed by atoms with Crippen LogP contribution in [-0.2, 0) is 6.54 Å². The Bertz CT molecular complexity index is 796. The summed E-state index contributed by atoms with van der Waals surface area (Å²) in [4.78, 5) is 19.0. The number of nitrogens with zero attached hydrogens (tertiary/aromatic N) is 1. The van der Waals surface area contributed by atoms with Crippen LogP contribution in [0.15, 0.2) is 59.7 Å². The van der Waals surface area contributed by atoms with Crippen molar-refractivity contribution in [3.63, 3.8) is 0 Å². The Labute approximate surface area is 122 Å². The summed E-state index contributed by atoms with van der Waals surface area (Å²) in [7, 11) is 0. The van der Waals surface area contributed by atoms with Crippen LogP contribution < -0.4 is 10.9 Å². The molecule has 3 aromatic rings. The van der Waals surface area contributed by atoms with Gasteiger partial charge in [0.2, 0.25) is 0 Å². The first kappa shape index (κ1) is 13.5. The van der Waals surface area contributed by atoms with E-state index in [1.807, 2.05) is 42.5 Å². The molecule has 0 aliphatic rings. The molecule has 3 rings (SSSR count). The zero-order chi connectivity index (χ0) is 14.7. The van der Waals surface area contributed by atoms with E-state index in [1.165, 1.54) is 0 Å². The molecule has 2 N–H and O–H groups in total. The van der Waals surface area contributed by atoms with E-state index in [2.05, 4.69) is 22.2 Å². The molecule has 21 heavy (non-hydrogen) atoms. The fourth-order valence-corrected chi connectivity index (χ4v) is 2.46. The maximum absolute atomic E-state index is 11.8. The molecule has 0 saturated carbocycles. The molecular weight excluding hydrogens is 262 g/mol. The molecule has 2 aromatic heterocycles. The minimum atomic E-state index is -0.0497. The van der Waals surface area contributed by atoms with Gasteiger partial charge in [0.25, 0.3) is 5.56 Å². The van der Waals surface area contributed by atoms with Crippen LogP contribution in [0.1, 0.15) is 24.2 Å². The number of hydrogen-bond acceptors (Lipinski definition) is 3. The van der Waals surface area contributed by atoms with Crippen LogP contribution in [0.2, 0.25) is 0 Å². The first-order chi connectivity index (χ1) is 10.3. The second-order valence-corrected chi connectivity index (χ2v) is 5.04. The first-order valence-corrected chi connectivity index (χ1v) is 6.99. The summed E-state index contributed by atoms with van der Waals surface area (Å²) in [6, 6.07) is 13.7. The first-order valence-electron chi connectivity index (χ1n) is 6.99. The monoisotopic (exact) mass is 279 g/mol. The van der Waals surface area contributed by atoms with E-state index in [0.29, 0.717) is 6.54 Å². The van der Waals surface area contributed by atoms with Crippen molar-refractivity contribution < 1.29 is 0 Å². The van der Waals surface area contributed by atoms with Crippen LogP contribution in [0, 0.1) is 0 Å². The van der Waals surface area contributed by atoms with E-state index in [4.69, 9.17) is 0 Å². The summed E-state index contributed by atoms with van der Waals surface area (Å²) in [6.07, 6.45) is 3.58. The molecule has 0 amide bonds. The van der Waals surface area contributed by atoms with Crippen molar-refractivity contribution in [2.45, 2.75) is 19.5 Å². The van der Waals surface area contributed by atoms with Crippen molar-refractivity contribution in [2.24, 2.45) is 0 Å². The third kappa shape index (κ3) is 2.85. The number of aromatic amines is 1. The fourth-order valence-electron chi connectivity index (χ4n) is 2.46. The van der Waals surface area contributed by atoms with Gasteiger partial charge in [0, 0.05) is 30.4 Å². The van der Waals surface area contributed by atoms with E-state index in [9.17, 15) is 4.79 Å². The maximum atomic E-state index is 11.8. The molecule has 4 heteroatoms. The lowest BCUT2D eigenvalue weighted by Gasteiger charge is -2.16. The van der Waals surface area contributed by atoms with Crippen LogP contribution in [0.5, 0.6) is 0 Å². The number of rotatable bonds is 4. The minimum absolute atomic E-state index is 0.0497. The molecular formula is C17H17N3O. The number of hydrogen-bond donors (Lipinski definition) is 2. The second-order valence-electron chi connectivity index (χ2n) is 5.04. The van der Waals surface area contributed by atoms with Gasteiger partial charge in [-0.2, -0.15) is 0 Å². The number of fused-ring (bicyclic) bond motifs is 1. The Balaban J connectivity index is 1.87. The van der Waals surface area contributed by atoms with Gasteiger partial charge in [-0.3, -0.25) is 9.78 Å². The largest absolute Gasteiger partial charge is 0.328 e. The van der Waals surface area contributed by atoms with Crippen LogP contribution in [0.3, 0.4) is 0 Å². The smallest absolute Gasteiger partial charge is 0.255 e.